The molecule has 0 saturated carbocycles. The minimum Gasteiger partial charge on any atom is -0.507 e. The van der Waals surface area contributed by atoms with Crippen LogP contribution in [0.4, 0.5) is 17.6 Å². The van der Waals surface area contributed by atoms with Crippen LogP contribution in [0, 0.1) is 0 Å². The molecule has 33 heavy (non-hydrogen) atoms. The van der Waals surface area contributed by atoms with E-state index in [4.69, 9.17) is 4.98 Å². The number of hydrogen-bond donors (Lipinski definition) is 3. The van der Waals surface area contributed by atoms with Gasteiger partial charge in [0, 0.05) is 68.0 Å². The molecule has 2 saturated heterocycles. The number of piperazine rings is 1. The molecule has 2 unspecified atom stereocenters. The summed E-state index contributed by atoms with van der Waals surface area (Å²) in [7, 11) is 0. The zero-order valence-electron chi connectivity index (χ0n) is 18.6. The quantitative estimate of drug-likeness (QED) is 0.561. The third-order valence-corrected chi connectivity index (χ3v) is 7.14. The molecule has 3 aliphatic heterocycles. The Morgan fingerprint density at radius 2 is 1.91 bits per heavy atom. The van der Waals surface area contributed by atoms with E-state index in [9.17, 15) is 5.11 Å². The van der Waals surface area contributed by atoms with Crippen LogP contribution in [0.1, 0.15) is 24.8 Å². The maximum atomic E-state index is 10.3. The van der Waals surface area contributed by atoms with Crippen molar-refractivity contribution in [3.63, 3.8) is 0 Å². The number of phenolic OH excluding ortho intramolecular Hbond substituents is 1. The predicted molar refractivity (Wildman–Crippen MR) is 128 cm³/mol. The van der Waals surface area contributed by atoms with Gasteiger partial charge in [0.1, 0.15) is 11.6 Å². The topological polar surface area (TPSA) is 102 Å². The lowest BCUT2D eigenvalue weighted by Crippen LogP contribution is -2.49. The first-order valence-corrected chi connectivity index (χ1v) is 11.7. The highest BCUT2D eigenvalue weighted by molar-refractivity contribution is 5.70. The first-order valence-electron chi connectivity index (χ1n) is 11.7. The number of phenols is 1. The highest BCUT2D eigenvalue weighted by atomic mass is 16.3. The fourth-order valence-corrected chi connectivity index (χ4v) is 5.43. The molecule has 0 bridgehead atoms. The normalized spacial score (nSPS) is 24.2. The van der Waals surface area contributed by atoms with Crippen LogP contribution in [0.2, 0.25) is 0 Å². The summed E-state index contributed by atoms with van der Waals surface area (Å²) in [4.78, 5) is 14.2. The van der Waals surface area contributed by atoms with E-state index in [1.165, 1.54) is 0 Å². The molecule has 9 nitrogen and oxygen atoms in total. The number of para-hydroxylation sites is 1. The van der Waals surface area contributed by atoms with Gasteiger partial charge >= 0.3 is 0 Å². The molecule has 3 aliphatic rings. The predicted octanol–water partition coefficient (Wildman–Crippen LogP) is 2.23. The van der Waals surface area contributed by atoms with E-state index in [1.807, 2.05) is 30.5 Å². The molecule has 170 valence electrons. The van der Waals surface area contributed by atoms with Gasteiger partial charge in [-0.3, -0.25) is 0 Å². The molecule has 0 spiro atoms. The summed E-state index contributed by atoms with van der Waals surface area (Å²) in [6, 6.07) is 11.8. The van der Waals surface area contributed by atoms with Gasteiger partial charge in [-0.25, -0.2) is 4.98 Å². The Hall–Kier alpha value is -3.46. The first kappa shape index (κ1) is 20.2. The lowest BCUT2D eigenvalue weighted by Gasteiger charge is -2.41. The van der Waals surface area contributed by atoms with Gasteiger partial charge in [0.05, 0.1) is 5.69 Å². The molecule has 9 heteroatoms. The summed E-state index contributed by atoms with van der Waals surface area (Å²) < 4.78 is 0. The number of benzene rings is 1. The van der Waals surface area contributed by atoms with Crippen molar-refractivity contribution in [3.8, 4) is 17.0 Å². The van der Waals surface area contributed by atoms with Crippen LogP contribution in [0.3, 0.4) is 0 Å². The van der Waals surface area contributed by atoms with Gasteiger partial charge in [0.25, 0.3) is 0 Å². The van der Waals surface area contributed by atoms with Gasteiger partial charge in [0.2, 0.25) is 5.95 Å². The second-order valence-electron chi connectivity index (χ2n) is 9.00. The minimum atomic E-state index is 0.192. The molecule has 0 amide bonds. The molecule has 0 radical (unpaired) electrons. The number of piperidine rings is 1. The zero-order valence-corrected chi connectivity index (χ0v) is 18.6. The summed E-state index contributed by atoms with van der Waals surface area (Å²) >= 11 is 0. The Balaban J connectivity index is 1.31. The summed E-state index contributed by atoms with van der Waals surface area (Å²) in [5.41, 5.74) is 2.53. The molecular weight excluding hydrogens is 416 g/mol. The number of hydrogen-bond acceptors (Lipinski definition) is 9. The van der Waals surface area contributed by atoms with Crippen molar-refractivity contribution in [1.29, 1.82) is 0 Å². The third-order valence-electron chi connectivity index (χ3n) is 7.14. The Kier molecular flexibility index (Phi) is 4.98. The SMILES string of the molecule is C[C@@H]1C2c3cc(-c4ccccc4O)nnc3NC2CCN1c1nccc(N2CCNCC2)n1. The summed E-state index contributed by atoms with van der Waals surface area (Å²) in [5.74, 6) is 3.07. The number of rotatable bonds is 3. The van der Waals surface area contributed by atoms with E-state index in [2.05, 4.69) is 48.6 Å². The van der Waals surface area contributed by atoms with Crippen molar-refractivity contribution in [2.75, 3.05) is 47.8 Å². The molecule has 5 heterocycles. The Morgan fingerprint density at radius 3 is 2.76 bits per heavy atom. The fraction of sp³-hybridized carbons (Fsp3) is 0.417. The maximum Gasteiger partial charge on any atom is 0.227 e. The molecular formula is C24H28N8O. The fourth-order valence-electron chi connectivity index (χ4n) is 5.43. The molecule has 3 aromatic rings. The molecule has 2 aromatic heterocycles. The molecule has 3 atom stereocenters. The largest absolute Gasteiger partial charge is 0.507 e. The third kappa shape index (κ3) is 3.52. The average molecular weight is 445 g/mol. The second-order valence-corrected chi connectivity index (χ2v) is 9.00. The Labute approximate surface area is 192 Å². The molecule has 2 fully saturated rings. The first-order chi connectivity index (χ1) is 16.2. The minimum absolute atomic E-state index is 0.192. The van der Waals surface area contributed by atoms with Crippen LogP contribution in [-0.2, 0) is 0 Å². The highest BCUT2D eigenvalue weighted by Gasteiger charge is 2.43. The zero-order chi connectivity index (χ0) is 22.4. The van der Waals surface area contributed by atoms with Crippen molar-refractivity contribution < 1.29 is 5.11 Å². The number of nitrogens with zero attached hydrogens (tertiary/aromatic N) is 6. The van der Waals surface area contributed by atoms with Crippen LogP contribution >= 0.6 is 0 Å². The van der Waals surface area contributed by atoms with Gasteiger partial charge in [-0.1, -0.05) is 12.1 Å². The molecule has 3 N–H and O–H groups in total. The monoisotopic (exact) mass is 444 g/mol. The maximum absolute atomic E-state index is 10.3. The Bertz CT molecular complexity index is 1160. The van der Waals surface area contributed by atoms with Crippen molar-refractivity contribution >= 4 is 17.6 Å². The van der Waals surface area contributed by atoms with Crippen molar-refractivity contribution in [2.24, 2.45) is 0 Å². The molecule has 1 aromatic carbocycles. The summed E-state index contributed by atoms with van der Waals surface area (Å²) in [6.45, 7) is 7.00. The highest BCUT2D eigenvalue weighted by Crippen LogP contribution is 2.44. The Morgan fingerprint density at radius 1 is 1.06 bits per heavy atom. The van der Waals surface area contributed by atoms with Crippen LogP contribution in [0.5, 0.6) is 5.75 Å². The van der Waals surface area contributed by atoms with Gasteiger partial charge in [-0.15, -0.1) is 10.2 Å². The van der Waals surface area contributed by atoms with Gasteiger partial charge in [-0.05, 0) is 37.6 Å². The van der Waals surface area contributed by atoms with E-state index < -0.39 is 0 Å². The second kappa shape index (κ2) is 8.15. The number of aromatic nitrogens is 4. The summed E-state index contributed by atoms with van der Waals surface area (Å²) in [5, 5.41) is 26.1. The number of fused-ring (bicyclic) bond motifs is 3. The van der Waals surface area contributed by atoms with Crippen molar-refractivity contribution in [2.45, 2.75) is 31.3 Å². The average Bonchev–Trinajstić information content (AvgIpc) is 3.24. The van der Waals surface area contributed by atoms with Gasteiger partial charge in [0.15, 0.2) is 5.82 Å². The molecule has 6 rings (SSSR count). The van der Waals surface area contributed by atoms with Crippen molar-refractivity contribution in [3.05, 3.63) is 48.2 Å². The van der Waals surface area contributed by atoms with E-state index in [0.717, 1.165) is 62.3 Å². The van der Waals surface area contributed by atoms with E-state index in [0.29, 0.717) is 17.3 Å². The van der Waals surface area contributed by atoms with Crippen LogP contribution in [0.15, 0.2) is 42.6 Å². The van der Waals surface area contributed by atoms with Crippen molar-refractivity contribution in [1.82, 2.24) is 25.5 Å². The number of nitrogens with one attached hydrogen (secondary N) is 2. The lowest BCUT2D eigenvalue weighted by atomic mass is 9.83. The van der Waals surface area contributed by atoms with E-state index in [1.54, 1.807) is 6.07 Å². The lowest BCUT2D eigenvalue weighted by molar-refractivity contribution is 0.400. The van der Waals surface area contributed by atoms with Gasteiger partial charge < -0.3 is 25.5 Å². The number of anilines is 3. The van der Waals surface area contributed by atoms with Crippen LogP contribution in [0.25, 0.3) is 11.3 Å². The summed E-state index contributed by atoms with van der Waals surface area (Å²) in [6.07, 6.45) is 2.85. The van der Waals surface area contributed by atoms with Crippen LogP contribution < -0.4 is 20.4 Å². The van der Waals surface area contributed by atoms with Gasteiger partial charge in [-0.2, -0.15) is 4.98 Å². The molecule has 0 aliphatic carbocycles. The standard InChI is InChI=1S/C24H28N8O/c1-15-22-17-14-19(16-4-2-3-5-20(16)33)29-30-23(17)27-18(22)7-11-32(15)24-26-8-6-21(28-24)31-12-9-25-10-13-31/h2-6,8,14-15,18,22,25,33H,7,9-13H2,1H3,(H,27,30)/t15-,18?,22?/m1/s1. The van der Waals surface area contributed by atoms with E-state index in [-0.39, 0.29) is 17.7 Å². The van der Waals surface area contributed by atoms with Crippen LogP contribution in [-0.4, -0.2) is 70.1 Å². The smallest absolute Gasteiger partial charge is 0.227 e. The number of aromatic hydroxyl groups is 1. The van der Waals surface area contributed by atoms with E-state index >= 15 is 0 Å².